The summed E-state index contributed by atoms with van der Waals surface area (Å²) in [4.78, 5) is 4.07. The van der Waals surface area contributed by atoms with E-state index >= 15 is 0 Å². The fraction of sp³-hybridized carbons (Fsp3) is 0.538. The van der Waals surface area contributed by atoms with Crippen LogP contribution in [0, 0.1) is 0 Å². The van der Waals surface area contributed by atoms with E-state index in [0.29, 0.717) is 0 Å². The molecule has 108 valence electrons. The van der Waals surface area contributed by atoms with Crippen molar-refractivity contribution in [1.82, 2.24) is 14.6 Å². The van der Waals surface area contributed by atoms with Gasteiger partial charge in [-0.1, -0.05) is 19.3 Å². The molecular weight excluding hydrogens is 269 g/mol. The summed E-state index contributed by atoms with van der Waals surface area (Å²) in [5.74, 6) is 0.249. The Bertz CT molecular complexity index is 626. The summed E-state index contributed by atoms with van der Waals surface area (Å²) < 4.78 is 40.0. The molecule has 2 heterocycles. The number of fused-ring (bicyclic) bond motifs is 1. The third kappa shape index (κ3) is 2.10. The Morgan fingerprint density at radius 3 is 2.50 bits per heavy atom. The van der Waals surface area contributed by atoms with Crippen molar-refractivity contribution < 1.29 is 13.2 Å². The van der Waals surface area contributed by atoms with Gasteiger partial charge in [0.15, 0.2) is 11.3 Å². The van der Waals surface area contributed by atoms with Gasteiger partial charge in [-0.3, -0.25) is 0 Å². The van der Waals surface area contributed by atoms with Gasteiger partial charge in [-0.15, -0.1) is 0 Å². The van der Waals surface area contributed by atoms with Crippen LogP contribution in [0.2, 0.25) is 0 Å². The number of halogens is 3. The van der Waals surface area contributed by atoms with Crippen LogP contribution in [0.3, 0.4) is 0 Å². The molecular formula is C13H15F3N4. The number of hydrogen-bond donors (Lipinski definition) is 1. The minimum atomic E-state index is -4.54. The highest BCUT2D eigenvalue weighted by Crippen LogP contribution is 2.37. The first kappa shape index (κ1) is 13.2. The molecule has 0 spiro atoms. The second kappa shape index (κ2) is 4.64. The van der Waals surface area contributed by atoms with E-state index in [2.05, 4.69) is 10.1 Å². The highest BCUT2D eigenvalue weighted by Gasteiger charge is 2.37. The first-order valence-corrected chi connectivity index (χ1v) is 6.68. The van der Waals surface area contributed by atoms with Crippen molar-refractivity contribution in [1.29, 1.82) is 0 Å². The van der Waals surface area contributed by atoms with Crippen LogP contribution in [0.1, 0.15) is 49.3 Å². The number of nitrogen functional groups attached to an aromatic ring is 1. The number of nitrogens with two attached hydrogens (primary N) is 1. The Balaban J connectivity index is 2.14. The fourth-order valence-corrected chi connectivity index (χ4v) is 2.95. The Kier molecular flexibility index (Phi) is 3.07. The van der Waals surface area contributed by atoms with Gasteiger partial charge in [0.1, 0.15) is 0 Å². The first-order chi connectivity index (χ1) is 9.48. The Morgan fingerprint density at radius 2 is 1.85 bits per heavy atom. The van der Waals surface area contributed by atoms with Crippen LogP contribution in [0.5, 0.6) is 0 Å². The van der Waals surface area contributed by atoms with Gasteiger partial charge in [0.25, 0.3) is 0 Å². The molecule has 1 fully saturated rings. The van der Waals surface area contributed by atoms with Crippen LogP contribution in [-0.4, -0.2) is 14.6 Å². The summed E-state index contributed by atoms with van der Waals surface area (Å²) in [6.45, 7) is 0. The van der Waals surface area contributed by atoms with Crippen LogP contribution < -0.4 is 5.73 Å². The molecule has 20 heavy (non-hydrogen) atoms. The second-order valence-corrected chi connectivity index (χ2v) is 5.23. The predicted octanol–water partition coefficient (Wildman–Crippen LogP) is 3.38. The lowest BCUT2D eigenvalue weighted by Gasteiger charge is -2.20. The predicted molar refractivity (Wildman–Crippen MR) is 68.2 cm³/mol. The molecule has 0 saturated heterocycles. The van der Waals surface area contributed by atoms with Crippen molar-refractivity contribution in [3.05, 3.63) is 23.7 Å². The van der Waals surface area contributed by atoms with E-state index in [1.54, 1.807) is 0 Å². The highest BCUT2D eigenvalue weighted by atomic mass is 19.4. The van der Waals surface area contributed by atoms with E-state index in [1.807, 2.05) is 0 Å². The average Bonchev–Trinajstić information content (AvgIpc) is 2.81. The number of hydrogen-bond acceptors (Lipinski definition) is 3. The lowest BCUT2D eigenvalue weighted by atomic mass is 9.85. The van der Waals surface area contributed by atoms with Gasteiger partial charge in [0, 0.05) is 5.56 Å². The van der Waals surface area contributed by atoms with Crippen molar-refractivity contribution in [3.63, 3.8) is 0 Å². The third-order valence-electron chi connectivity index (χ3n) is 3.90. The Labute approximate surface area is 113 Å². The summed E-state index contributed by atoms with van der Waals surface area (Å²) in [5.41, 5.74) is 5.15. The molecule has 0 unspecified atom stereocenters. The van der Waals surface area contributed by atoms with Crippen LogP contribution >= 0.6 is 0 Å². The van der Waals surface area contributed by atoms with Gasteiger partial charge in [-0.2, -0.15) is 18.3 Å². The Morgan fingerprint density at radius 1 is 1.15 bits per heavy atom. The molecule has 0 aliphatic heterocycles. The minimum Gasteiger partial charge on any atom is -0.396 e. The van der Waals surface area contributed by atoms with Crippen molar-refractivity contribution in [3.8, 4) is 0 Å². The average molecular weight is 284 g/mol. The van der Waals surface area contributed by atoms with Gasteiger partial charge in [0.05, 0.1) is 18.1 Å². The molecule has 0 amide bonds. The molecule has 7 heteroatoms. The Hall–Kier alpha value is -1.79. The van der Waals surface area contributed by atoms with Gasteiger partial charge in [-0.05, 0) is 18.8 Å². The maximum atomic E-state index is 13.1. The highest BCUT2D eigenvalue weighted by molar-refractivity contribution is 5.55. The molecule has 4 nitrogen and oxygen atoms in total. The van der Waals surface area contributed by atoms with E-state index in [-0.39, 0.29) is 11.6 Å². The van der Waals surface area contributed by atoms with Gasteiger partial charge < -0.3 is 5.73 Å². The van der Waals surface area contributed by atoms with Crippen molar-refractivity contribution in [2.45, 2.75) is 44.2 Å². The molecule has 2 aromatic rings. The molecule has 1 aliphatic rings. The molecule has 0 atom stereocenters. The summed E-state index contributed by atoms with van der Waals surface area (Å²) in [7, 11) is 0. The zero-order valence-corrected chi connectivity index (χ0v) is 10.8. The zero-order valence-electron chi connectivity index (χ0n) is 10.8. The number of rotatable bonds is 1. The van der Waals surface area contributed by atoms with Crippen LogP contribution in [0.15, 0.2) is 12.4 Å². The standard InChI is InChI=1S/C13H15F3N4/c14-13(15,16)11-10(17)7-18-12-9(6-19-20(11)12)8-4-2-1-3-5-8/h6-8H,1-5,17H2. The monoisotopic (exact) mass is 284 g/mol. The van der Waals surface area contributed by atoms with Crippen molar-refractivity contribution in [2.75, 3.05) is 5.73 Å². The smallest absolute Gasteiger partial charge is 0.396 e. The topological polar surface area (TPSA) is 56.2 Å². The van der Waals surface area contributed by atoms with Gasteiger partial charge in [-0.25, -0.2) is 9.50 Å². The molecule has 0 radical (unpaired) electrons. The van der Waals surface area contributed by atoms with E-state index < -0.39 is 17.6 Å². The summed E-state index contributed by atoms with van der Waals surface area (Å²) in [6.07, 6.45) is 3.39. The maximum Gasteiger partial charge on any atom is 0.435 e. The number of aromatic nitrogens is 3. The fourth-order valence-electron chi connectivity index (χ4n) is 2.95. The van der Waals surface area contributed by atoms with Crippen LogP contribution in [0.4, 0.5) is 18.9 Å². The largest absolute Gasteiger partial charge is 0.435 e. The number of anilines is 1. The second-order valence-electron chi connectivity index (χ2n) is 5.23. The summed E-state index contributed by atoms with van der Waals surface area (Å²) >= 11 is 0. The van der Waals surface area contributed by atoms with Crippen LogP contribution in [0.25, 0.3) is 5.65 Å². The lowest BCUT2D eigenvalue weighted by Crippen LogP contribution is -2.16. The van der Waals surface area contributed by atoms with Gasteiger partial charge in [0.2, 0.25) is 0 Å². The quantitative estimate of drug-likeness (QED) is 0.873. The first-order valence-electron chi connectivity index (χ1n) is 6.68. The van der Waals surface area contributed by atoms with E-state index in [4.69, 9.17) is 5.73 Å². The van der Waals surface area contributed by atoms with Crippen molar-refractivity contribution in [2.24, 2.45) is 0 Å². The van der Waals surface area contributed by atoms with E-state index in [1.165, 1.54) is 12.6 Å². The minimum absolute atomic E-state index is 0.249. The van der Waals surface area contributed by atoms with E-state index in [0.717, 1.165) is 42.0 Å². The van der Waals surface area contributed by atoms with Crippen molar-refractivity contribution >= 4 is 11.3 Å². The molecule has 2 aromatic heterocycles. The maximum absolute atomic E-state index is 13.1. The van der Waals surface area contributed by atoms with Gasteiger partial charge >= 0.3 is 6.18 Å². The normalized spacial score (nSPS) is 17.8. The van der Waals surface area contributed by atoms with E-state index in [9.17, 15) is 13.2 Å². The SMILES string of the molecule is Nc1cnc2c(C3CCCCC3)cnn2c1C(F)(F)F. The molecule has 0 aromatic carbocycles. The van der Waals surface area contributed by atoms with Crippen LogP contribution in [-0.2, 0) is 6.18 Å². The summed E-state index contributed by atoms with van der Waals surface area (Å²) in [5, 5.41) is 3.88. The molecule has 0 bridgehead atoms. The number of nitrogens with zero attached hydrogens (tertiary/aromatic N) is 3. The molecule has 3 rings (SSSR count). The number of alkyl halides is 3. The third-order valence-corrected chi connectivity index (χ3v) is 3.90. The molecule has 2 N–H and O–H groups in total. The zero-order chi connectivity index (χ0) is 14.3. The lowest BCUT2D eigenvalue weighted by molar-refractivity contribution is -0.141. The summed E-state index contributed by atoms with van der Waals surface area (Å²) in [6, 6.07) is 0. The molecule has 1 saturated carbocycles. The molecule has 1 aliphatic carbocycles.